The third-order valence-corrected chi connectivity index (χ3v) is 6.28. The van der Waals surface area contributed by atoms with Crippen LogP contribution < -0.4 is 5.32 Å². The van der Waals surface area contributed by atoms with Crippen LogP contribution in [0.25, 0.3) is 10.9 Å². The van der Waals surface area contributed by atoms with Crippen LogP contribution in [0.5, 0.6) is 0 Å². The second-order valence-electron chi connectivity index (χ2n) is 7.82. The van der Waals surface area contributed by atoms with E-state index in [4.69, 9.17) is 23.2 Å². The summed E-state index contributed by atoms with van der Waals surface area (Å²) < 4.78 is 1.71. The van der Waals surface area contributed by atoms with Crippen LogP contribution in [0.3, 0.4) is 0 Å². The summed E-state index contributed by atoms with van der Waals surface area (Å²) >= 11 is 12.3. The van der Waals surface area contributed by atoms with Crippen LogP contribution in [0.4, 0.5) is 0 Å². The molecule has 2 atom stereocenters. The molecule has 0 saturated carbocycles. The normalized spacial score (nSPS) is 13.4. The molecule has 0 fully saturated rings. The Morgan fingerprint density at radius 3 is 2.23 bits per heavy atom. The molecule has 0 spiro atoms. The lowest BCUT2D eigenvalue weighted by atomic mass is 9.88. The fourth-order valence-corrected chi connectivity index (χ4v) is 4.16. The number of benzene rings is 2. The molecule has 164 valence electrons. The first-order valence-corrected chi connectivity index (χ1v) is 10.6. The molecule has 3 rings (SSSR count). The molecule has 0 aliphatic heterocycles. The van der Waals surface area contributed by atoms with Crippen molar-refractivity contribution in [3.8, 4) is 0 Å². The highest BCUT2D eigenvalue weighted by Gasteiger charge is 2.24. The minimum Gasteiger partial charge on any atom is -0.481 e. The number of nitrogens with zero attached hydrogens (tertiary/aromatic N) is 1. The predicted octanol–water partition coefficient (Wildman–Crippen LogP) is 4.77. The zero-order valence-electron chi connectivity index (χ0n) is 17.4. The first-order valence-electron chi connectivity index (χ1n) is 9.83. The molecule has 0 aliphatic rings. The number of aliphatic hydroxyl groups excluding tert-OH is 1. The molecule has 3 N–H and O–H groups in total. The molecule has 1 unspecified atom stereocenters. The zero-order valence-corrected chi connectivity index (χ0v) is 18.9. The van der Waals surface area contributed by atoms with Gasteiger partial charge >= 0.3 is 5.97 Å². The monoisotopic (exact) mass is 462 g/mol. The molecule has 0 bridgehead atoms. The van der Waals surface area contributed by atoms with E-state index in [0.29, 0.717) is 32.3 Å². The Kier molecular flexibility index (Phi) is 6.94. The number of carboxylic acid groups (broad SMARTS) is 1. The number of amides is 1. The number of halogens is 2. The van der Waals surface area contributed by atoms with Crippen molar-refractivity contribution >= 4 is 46.0 Å². The molecule has 3 aromatic rings. The number of fused-ring (bicyclic) bond motifs is 1. The summed E-state index contributed by atoms with van der Waals surface area (Å²) in [5.74, 6) is -1.95. The summed E-state index contributed by atoms with van der Waals surface area (Å²) in [6.07, 6.45) is 0. The summed E-state index contributed by atoms with van der Waals surface area (Å²) in [7, 11) is 1.75. The van der Waals surface area contributed by atoms with Gasteiger partial charge in [0.05, 0.1) is 28.6 Å². The van der Waals surface area contributed by atoms with Gasteiger partial charge in [-0.15, -0.1) is 0 Å². The number of rotatable bonds is 7. The minimum atomic E-state index is -0.885. The SMILES string of the molecule is CC(C)C(C(=O)O)c1ccc([C@@H](CO)NC(=O)c2cc3c(Cl)c(Cl)ccc3n2C)cc1. The van der Waals surface area contributed by atoms with Crippen molar-refractivity contribution in [2.24, 2.45) is 13.0 Å². The summed E-state index contributed by atoms with van der Waals surface area (Å²) in [5.41, 5.74) is 2.49. The highest BCUT2D eigenvalue weighted by molar-refractivity contribution is 6.45. The minimum absolute atomic E-state index is 0.0662. The highest BCUT2D eigenvalue weighted by Crippen LogP contribution is 2.33. The van der Waals surface area contributed by atoms with Gasteiger partial charge < -0.3 is 20.1 Å². The lowest BCUT2D eigenvalue weighted by Gasteiger charge is -2.20. The average molecular weight is 463 g/mol. The van der Waals surface area contributed by atoms with Crippen LogP contribution in [-0.2, 0) is 11.8 Å². The Morgan fingerprint density at radius 2 is 1.68 bits per heavy atom. The number of aromatic nitrogens is 1. The van der Waals surface area contributed by atoms with Crippen molar-refractivity contribution in [2.45, 2.75) is 25.8 Å². The van der Waals surface area contributed by atoms with Crippen LogP contribution in [0.2, 0.25) is 10.0 Å². The second kappa shape index (κ2) is 9.30. The van der Waals surface area contributed by atoms with Crippen molar-refractivity contribution in [2.75, 3.05) is 6.61 Å². The van der Waals surface area contributed by atoms with E-state index in [1.165, 1.54) is 0 Å². The van der Waals surface area contributed by atoms with Gasteiger partial charge in [0.2, 0.25) is 0 Å². The molecule has 8 heteroatoms. The number of carbonyl (C=O) groups excluding carboxylic acids is 1. The summed E-state index contributed by atoms with van der Waals surface area (Å²) in [5, 5.41) is 23.6. The van der Waals surface area contributed by atoms with Crippen molar-refractivity contribution < 1.29 is 19.8 Å². The standard InChI is InChI=1S/C23H24Cl2N2O4/c1-12(2)20(23(30)31)14-6-4-13(5-7-14)17(11-28)26-22(29)19-10-15-18(27(19)3)9-8-16(24)21(15)25/h4-10,12,17,20,28H,11H2,1-3H3,(H,26,29)(H,30,31)/t17-,20?/m1/s1. The molecule has 1 aromatic heterocycles. The van der Waals surface area contributed by atoms with E-state index in [1.807, 2.05) is 13.8 Å². The first-order chi connectivity index (χ1) is 14.6. The Labute approximate surface area is 190 Å². The molecule has 6 nitrogen and oxygen atoms in total. The Morgan fingerprint density at radius 1 is 1.06 bits per heavy atom. The van der Waals surface area contributed by atoms with Crippen molar-refractivity contribution in [1.29, 1.82) is 0 Å². The molecule has 1 heterocycles. The zero-order chi connectivity index (χ0) is 22.9. The first kappa shape index (κ1) is 23.1. The van der Waals surface area contributed by atoms with Gasteiger partial charge in [0, 0.05) is 18.0 Å². The predicted molar refractivity (Wildman–Crippen MR) is 122 cm³/mol. The topological polar surface area (TPSA) is 91.6 Å². The summed E-state index contributed by atoms with van der Waals surface area (Å²) in [4.78, 5) is 24.5. The Hall–Kier alpha value is -2.54. The van der Waals surface area contributed by atoms with Gasteiger partial charge in [-0.2, -0.15) is 0 Å². The van der Waals surface area contributed by atoms with Crippen LogP contribution in [0.1, 0.15) is 47.4 Å². The third kappa shape index (κ3) is 4.56. The molecular formula is C23H24Cl2N2O4. The number of hydrogen-bond donors (Lipinski definition) is 3. The van der Waals surface area contributed by atoms with Crippen LogP contribution >= 0.6 is 23.2 Å². The molecule has 31 heavy (non-hydrogen) atoms. The lowest BCUT2D eigenvalue weighted by molar-refractivity contribution is -0.139. The lowest BCUT2D eigenvalue weighted by Crippen LogP contribution is -2.32. The van der Waals surface area contributed by atoms with E-state index >= 15 is 0 Å². The summed E-state index contributed by atoms with van der Waals surface area (Å²) in [6, 6.07) is 11.4. The van der Waals surface area contributed by atoms with Gasteiger partial charge in [-0.05, 0) is 35.2 Å². The van der Waals surface area contributed by atoms with Crippen LogP contribution in [-0.4, -0.2) is 33.3 Å². The van der Waals surface area contributed by atoms with Gasteiger partial charge in [-0.3, -0.25) is 9.59 Å². The number of nitrogens with one attached hydrogen (secondary N) is 1. The maximum Gasteiger partial charge on any atom is 0.311 e. The number of carbonyl (C=O) groups is 2. The molecule has 0 saturated heterocycles. The summed E-state index contributed by atoms with van der Waals surface area (Å²) in [6.45, 7) is 3.40. The number of aliphatic hydroxyl groups is 1. The van der Waals surface area contributed by atoms with E-state index in [0.717, 1.165) is 5.52 Å². The third-order valence-electron chi connectivity index (χ3n) is 5.46. The van der Waals surface area contributed by atoms with Gasteiger partial charge in [-0.25, -0.2) is 0 Å². The van der Waals surface area contributed by atoms with Crippen molar-refractivity contribution in [3.63, 3.8) is 0 Å². The molecule has 0 radical (unpaired) electrons. The van der Waals surface area contributed by atoms with E-state index in [-0.39, 0.29) is 18.4 Å². The van der Waals surface area contributed by atoms with Crippen LogP contribution in [0, 0.1) is 5.92 Å². The highest BCUT2D eigenvalue weighted by atomic mass is 35.5. The van der Waals surface area contributed by atoms with E-state index in [1.54, 1.807) is 54.1 Å². The number of aryl methyl sites for hydroxylation is 1. The maximum absolute atomic E-state index is 12.9. The second-order valence-corrected chi connectivity index (χ2v) is 8.60. The molecule has 0 aliphatic carbocycles. The molecule has 1 amide bonds. The number of aliphatic carboxylic acids is 1. The fourth-order valence-electron chi connectivity index (χ4n) is 3.78. The Balaban J connectivity index is 1.85. The molecular weight excluding hydrogens is 439 g/mol. The maximum atomic E-state index is 12.9. The smallest absolute Gasteiger partial charge is 0.311 e. The van der Waals surface area contributed by atoms with Gasteiger partial charge in [0.1, 0.15) is 5.69 Å². The van der Waals surface area contributed by atoms with Crippen molar-refractivity contribution in [1.82, 2.24) is 9.88 Å². The van der Waals surface area contributed by atoms with Gasteiger partial charge in [-0.1, -0.05) is 61.3 Å². The van der Waals surface area contributed by atoms with Crippen molar-refractivity contribution in [3.05, 3.63) is 69.3 Å². The quantitative estimate of drug-likeness (QED) is 0.471. The average Bonchev–Trinajstić information content (AvgIpc) is 3.06. The van der Waals surface area contributed by atoms with Gasteiger partial charge in [0.25, 0.3) is 5.91 Å². The fraction of sp³-hybridized carbons (Fsp3) is 0.304. The Bertz CT molecular complexity index is 1120. The number of hydrogen-bond acceptors (Lipinski definition) is 3. The number of carboxylic acids is 1. The van der Waals surface area contributed by atoms with E-state index in [2.05, 4.69) is 5.32 Å². The van der Waals surface area contributed by atoms with Gasteiger partial charge in [0.15, 0.2) is 0 Å². The van der Waals surface area contributed by atoms with Crippen LogP contribution in [0.15, 0.2) is 42.5 Å². The van der Waals surface area contributed by atoms with E-state index < -0.39 is 17.9 Å². The largest absolute Gasteiger partial charge is 0.481 e. The molecule has 2 aromatic carbocycles. The van der Waals surface area contributed by atoms with E-state index in [9.17, 15) is 19.8 Å².